The summed E-state index contributed by atoms with van der Waals surface area (Å²) in [6, 6.07) is 4.10. The van der Waals surface area contributed by atoms with E-state index < -0.39 is 5.60 Å². The van der Waals surface area contributed by atoms with Gasteiger partial charge >= 0.3 is 6.09 Å². The third kappa shape index (κ3) is 5.58. The van der Waals surface area contributed by atoms with E-state index in [4.69, 9.17) is 4.74 Å². The lowest BCUT2D eigenvalue weighted by Crippen LogP contribution is -2.35. The molecule has 2 heterocycles. The van der Waals surface area contributed by atoms with Gasteiger partial charge in [-0.2, -0.15) is 11.8 Å². The maximum atomic E-state index is 12.0. The first-order valence-electron chi connectivity index (χ1n) is 7.38. The predicted molar refractivity (Wildman–Crippen MR) is 86.3 cm³/mol. The Balaban J connectivity index is 1.69. The number of aromatic nitrogens is 1. The number of likely N-dealkylation sites (tertiary alicyclic amines) is 1. The van der Waals surface area contributed by atoms with E-state index in [0.717, 1.165) is 31.0 Å². The second-order valence-electron chi connectivity index (χ2n) is 6.45. The molecule has 1 saturated heterocycles. The van der Waals surface area contributed by atoms with Crippen LogP contribution in [0.4, 0.5) is 4.79 Å². The number of rotatable bonds is 4. The molecule has 0 radical (unpaired) electrons. The first kappa shape index (κ1) is 16.1. The van der Waals surface area contributed by atoms with Crippen molar-refractivity contribution in [3.63, 3.8) is 0 Å². The molecule has 21 heavy (non-hydrogen) atoms. The van der Waals surface area contributed by atoms with Gasteiger partial charge in [0.05, 0.1) is 0 Å². The van der Waals surface area contributed by atoms with Crippen LogP contribution in [0.5, 0.6) is 0 Å². The molecule has 2 rings (SSSR count). The van der Waals surface area contributed by atoms with E-state index in [9.17, 15) is 4.79 Å². The summed E-state index contributed by atoms with van der Waals surface area (Å²) in [5.41, 5.74) is 0.891. The first-order chi connectivity index (χ1) is 9.94. The second kappa shape index (κ2) is 7.16. The average Bonchev–Trinajstić information content (AvgIpc) is 2.87. The fourth-order valence-corrected chi connectivity index (χ4v) is 3.43. The highest BCUT2D eigenvalue weighted by Crippen LogP contribution is 2.24. The van der Waals surface area contributed by atoms with Gasteiger partial charge in [-0.1, -0.05) is 0 Å². The molecule has 5 heteroatoms. The standard InChI is InChI=1S/C16H24N2O2S/c1-16(2,3)20-15(19)18-9-6-14(10-18)12-21-11-13-4-7-17-8-5-13/h4-5,7-8,14H,6,9-12H2,1-3H3/t14-/m0/s1. The molecule has 0 N–H and O–H groups in total. The number of thioether (sulfide) groups is 1. The first-order valence-corrected chi connectivity index (χ1v) is 8.54. The van der Waals surface area contributed by atoms with Gasteiger partial charge in [0.1, 0.15) is 5.60 Å². The maximum Gasteiger partial charge on any atom is 0.410 e. The van der Waals surface area contributed by atoms with Crippen LogP contribution in [0.2, 0.25) is 0 Å². The largest absolute Gasteiger partial charge is 0.444 e. The Morgan fingerprint density at radius 2 is 2.14 bits per heavy atom. The molecule has 4 nitrogen and oxygen atoms in total. The van der Waals surface area contributed by atoms with Gasteiger partial charge in [0.25, 0.3) is 0 Å². The number of hydrogen-bond donors (Lipinski definition) is 0. The van der Waals surface area contributed by atoms with Gasteiger partial charge < -0.3 is 9.64 Å². The van der Waals surface area contributed by atoms with E-state index in [1.54, 1.807) is 0 Å². The molecule has 1 aromatic rings. The molecule has 1 aromatic heterocycles. The van der Waals surface area contributed by atoms with Gasteiger partial charge in [-0.05, 0) is 56.6 Å². The van der Waals surface area contributed by atoms with Crippen LogP contribution in [0.15, 0.2) is 24.5 Å². The third-order valence-corrected chi connectivity index (χ3v) is 4.55. The molecular weight excluding hydrogens is 284 g/mol. The monoisotopic (exact) mass is 308 g/mol. The van der Waals surface area contributed by atoms with Crippen LogP contribution in [0, 0.1) is 5.92 Å². The Morgan fingerprint density at radius 3 is 2.81 bits per heavy atom. The highest BCUT2D eigenvalue weighted by atomic mass is 32.2. The topological polar surface area (TPSA) is 42.4 Å². The fraction of sp³-hybridized carbons (Fsp3) is 0.625. The number of carbonyl (C=O) groups is 1. The minimum absolute atomic E-state index is 0.177. The minimum atomic E-state index is -0.411. The second-order valence-corrected chi connectivity index (χ2v) is 7.48. The SMILES string of the molecule is CC(C)(C)OC(=O)N1CC[C@H](CSCc2ccncc2)C1. The van der Waals surface area contributed by atoms with Crippen molar-refractivity contribution in [1.29, 1.82) is 0 Å². The highest BCUT2D eigenvalue weighted by Gasteiger charge is 2.29. The molecule has 116 valence electrons. The fourth-order valence-electron chi connectivity index (χ4n) is 2.28. The van der Waals surface area contributed by atoms with Crippen molar-refractivity contribution in [3.05, 3.63) is 30.1 Å². The van der Waals surface area contributed by atoms with Gasteiger partial charge in [0.15, 0.2) is 0 Å². The van der Waals surface area contributed by atoms with Crippen molar-refractivity contribution >= 4 is 17.9 Å². The zero-order chi connectivity index (χ0) is 15.3. The van der Waals surface area contributed by atoms with Crippen molar-refractivity contribution in [1.82, 2.24) is 9.88 Å². The molecule has 1 fully saturated rings. The Labute approximate surface area is 131 Å². The number of nitrogens with zero attached hydrogens (tertiary/aromatic N) is 2. The molecular formula is C16H24N2O2S. The Hall–Kier alpha value is -1.23. The number of amides is 1. The van der Waals surface area contributed by atoms with Crippen molar-refractivity contribution in [2.24, 2.45) is 5.92 Å². The number of carbonyl (C=O) groups excluding carboxylic acids is 1. The van der Waals surface area contributed by atoms with E-state index in [0.29, 0.717) is 5.92 Å². The smallest absolute Gasteiger partial charge is 0.410 e. The van der Waals surface area contributed by atoms with E-state index in [1.807, 2.05) is 49.8 Å². The number of ether oxygens (including phenoxy) is 1. The van der Waals surface area contributed by atoms with Crippen LogP contribution in [-0.2, 0) is 10.5 Å². The molecule has 1 aliphatic rings. The summed E-state index contributed by atoms with van der Waals surface area (Å²) in [5, 5.41) is 0. The number of pyridine rings is 1. The van der Waals surface area contributed by atoms with Gasteiger partial charge in [0, 0.05) is 31.2 Å². The summed E-state index contributed by atoms with van der Waals surface area (Å²) in [5.74, 6) is 2.66. The Morgan fingerprint density at radius 1 is 1.43 bits per heavy atom. The zero-order valence-electron chi connectivity index (χ0n) is 13.0. The molecule has 0 spiro atoms. The molecule has 1 aliphatic heterocycles. The minimum Gasteiger partial charge on any atom is -0.444 e. The van der Waals surface area contributed by atoms with Crippen molar-refractivity contribution in [3.8, 4) is 0 Å². The van der Waals surface area contributed by atoms with E-state index in [1.165, 1.54) is 5.56 Å². The lowest BCUT2D eigenvalue weighted by molar-refractivity contribution is 0.0289. The van der Waals surface area contributed by atoms with Crippen molar-refractivity contribution in [2.75, 3.05) is 18.8 Å². The molecule has 0 unspecified atom stereocenters. The highest BCUT2D eigenvalue weighted by molar-refractivity contribution is 7.98. The van der Waals surface area contributed by atoms with Gasteiger partial charge in [-0.15, -0.1) is 0 Å². The summed E-state index contributed by atoms with van der Waals surface area (Å²) in [7, 11) is 0. The summed E-state index contributed by atoms with van der Waals surface area (Å²) >= 11 is 1.92. The lowest BCUT2D eigenvalue weighted by atomic mass is 10.2. The summed E-state index contributed by atoms with van der Waals surface area (Å²) in [6.45, 7) is 7.35. The predicted octanol–water partition coefficient (Wildman–Crippen LogP) is 3.57. The van der Waals surface area contributed by atoms with Crippen molar-refractivity contribution in [2.45, 2.75) is 38.5 Å². The van der Waals surface area contributed by atoms with E-state index >= 15 is 0 Å². The molecule has 1 amide bonds. The summed E-state index contributed by atoms with van der Waals surface area (Å²) < 4.78 is 5.42. The van der Waals surface area contributed by atoms with Crippen molar-refractivity contribution < 1.29 is 9.53 Å². The quantitative estimate of drug-likeness (QED) is 0.853. The summed E-state index contributed by atoms with van der Waals surface area (Å²) in [4.78, 5) is 17.9. The van der Waals surface area contributed by atoms with Crippen LogP contribution < -0.4 is 0 Å². The third-order valence-electron chi connectivity index (χ3n) is 3.31. The number of hydrogen-bond acceptors (Lipinski definition) is 4. The van der Waals surface area contributed by atoms with Gasteiger partial charge in [-0.25, -0.2) is 4.79 Å². The maximum absolute atomic E-state index is 12.0. The zero-order valence-corrected chi connectivity index (χ0v) is 13.9. The van der Waals surface area contributed by atoms with E-state index in [-0.39, 0.29) is 6.09 Å². The molecule has 0 saturated carbocycles. The van der Waals surface area contributed by atoms with Crippen LogP contribution >= 0.6 is 11.8 Å². The van der Waals surface area contributed by atoms with Gasteiger partial charge in [-0.3, -0.25) is 4.98 Å². The Bertz CT molecular complexity index is 459. The van der Waals surface area contributed by atoms with Crippen LogP contribution in [0.25, 0.3) is 0 Å². The summed E-state index contributed by atoms with van der Waals surface area (Å²) in [6.07, 6.45) is 4.55. The van der Waals surface area contributed by atoms with Gasteiger partial charge in [0.2, 0.25) is 0 Å². The van der Waals surface area contributed by atoms with E-state index in [2.05, 4.69) is 17.1 Å². The van der Waals surface area contributed by atoms with Crippen LogP contribution in [0.1, 0.15) is 32.8 Å². The lowest BCUT2D eigenvalue weighted by Gasteiger charge is -2.24. The average molecular weight is 308 g/mol. The normalized spacial score (nSPS) is 18.8. The van der Waals surface area contributed by atoms with Crippen LogP contribution in [-0.4, -0.2) is 40.4 Å². The molecule has 1 atom stereocenters. The Kier molecular flexibility index (Phi) is 5.51. The molecule has 0 aliphatic carbocycles. The van der Waals surface area contributed by atoms with Crippen LogP contribution in [0.3, 0.4) is 0 Å². The molecule has 0 bridgehead atoms. The molecule has 0 aromatic carbocycles.